The zero-order chi connectivity index (χ0) is 15.0. The maximum absolute atomic E-state index is 11.6. The SMILES string of the molecule is CC1CCCN(c2nc3c(cc2C#N)CCC3)C1C(=O)O. The number of fused-ring (bicyclic) bond motifs is 1. The van der Waals surface area contributed by atoms with Crippen LogP contribution in [0.3, 0.4) is 0 Å². The molecule has 2 unspecified atom stereocenters. The van der Waals surface area contributed by atoms with Gasteiger partial charge in [-0.3, -0.25) is 0 Å². The molecular formula is C16H19N3O2. The Morgan fingerprint density at radius 3 is 3.00 bits per heavy atom. The van der Waals surface area contributed by atoms with Crippen molar-refractivity contribution in [2.45, 2.75) is 45.1 Å². The van der Waals surface area contributed by atoms with E-state index in [4.69, 9.17) is 0 Å². The van der Waals surface area contributed by atoms with Crippen molar-refractivity contribution in [3.63, 3.8) is 0 Å². The summed E-state index contributed by atoms with van der Waals surface area (Å²) in [6.07, 6.45) is 4.80. The summed E-state index contributed by atoms with van der Waals surface area (Å²) in [5, 5.41) is 19.0. The van der Waals surface area contributed by atoms with E-state index in [1.54, 1.807) is 0 Å². The van der Waals surface area contributed by atoms with Crippen LogP contribution in [0.4, 0.5) is 5.82 Å². The Morgan fingerprint density at radius 2 is 2.29 bits per heavy atom. The molecule has 1 aliphatic heterocycles. The van der Waals surface area contributed by atoms with E-state index in [-0.39, 0.29) is 5.92 Å². The number of carboxylic acids is 1. The minimum atomic E-state index is -0.826. The third kappa shape index (κ3) is 2.35. The van der Waals surface area contributed by atoms with Crippen LogP contribution in [0, 0.1) is 17.2 Å². The van der Waals surface area contributed by atoms with Crippen LogP contribution in [0.15, 0.2) is 6.07 Å². The molecule has 1 aromatic heterocycles. The molecule has 110 valence electrons. The fourth-order valence-corrected chi connectivity index (χ4v) is 3.56. The number of aliphatic carboxylic acids is 1. The van der Waals surface area contributed by atoms with Gasteiger partial charge in [-0.2, -0.15) is 5.26 Å². The second-order valence-corrected chi connectivity index (χ2v) is 6.03. The normalized spacial score (nSPS) is 24.5. The van der Waals surface area contributed by atoms with Gasteiger partial charge < -0.3 is 10.0 Å². The second kappa shape index (κ2) is 5.36. The quantitative estimate of drug-likeness (QED) is 0.900. The number of nitrogens with zero attached hydrogens (tertiary/aromatic N) is 3. The van der Waals surface area contributed by atoms with E-state index < -0.39 is 12.0 Å². The molecule has 1 fully saturated rings. The van der Waals surface area contributed by atoms with E-state index in [2.05, 4.69) is 11.1 Å². The van der Waals surface area contributed by atoms with Gasteiger partial charge in [0.2, 0.25) is 0 Å². The number of aromatic nitrogens is 1. The van der Waals surface area contributed by atoms with Gasteiger partial charge in [0.1, 0.15) is 17.9 Å². The van der Waals surface area contributed by atoms with Crippen molar-refractivity contribution in [3.05, 3.63) is 22.9 Å². The third-order valence-corrected chi connectivity index (χ3v) is 4.61. The molecule has 1 saturated heterocycles. The summed E-state index contributed by atoms with van der Waals surface area (Å²) in [6.45, 7) is 2.62. The van der Waals surface area contributed by atoms with Gasteiger partial charge in [0.25, 0.3) is 0 Å². The fourth-order valence-electron chi connectivity index (χ4n) is 3.56. The number of anilines is 1. The van der Waals surface area contributed by atoms with Crippen molar-refractivity contribution in [2.24, 2.45) is 5.92 Å². The van der Waals surface area contributed by atoms with E-state index >= 15 is 0 Å². The smallest absolute Gasteiger partial charge is 0.326 e. The Morgan fingerprint density at radius 1 is 1.48 bits per heavy atom. The second-order valence-electron chi connectivity index (χ2n) is 6.03. The molecule has 2 aliphatic rings. The number of piperidine rings is 1. The number of pyridine rings is 1. The first kappa shape index (κ1) is 13.9. The molecule has 5 nitrogen and oxygen atoms in total. The summed E-state index contributed by atoms with van der Waals surface area (Å²) >= 11 is 0. The summed E-state index contributed by atoms with van der Waals surface area (Å²) in [5.41, 5.74) is 2.69. The molecule has 0 bridgehead atoms. The van der Waals surface area contributed by atoms with Gasteiger partial charge in [-0.15, -0.1) is 0 Å². The first-order chi connectivity index (χ1) is 10.1. The molecule has 2 atom stereocenters. The highest BCUT2D eigenvalue weighted by Gasteiger charge is 2.36. The zero-order valence-electron chi connectivity index (χ0n) is 12.2. The molecule has 5 heteroatoms. The molecule has 0 aromatic carbocycles. The Labute approximate surface area is 124 Å². The number of nitriles is 1. The van der Waals surface area contributed by atoms with Crippen molar-refractivity contribution in [2.75, 3.05) is 11.4 Å². The predicted octanol–water partition coefficient (Wildman–Crippen LogP) is 2.13. The summed E-state index contributed by atoms with van der Waals surface area (Å²) in [5.74, 6) is -0.191. The van der Waals surface area contributed by atoms with Crippen LogP contribution in [-0.2, 0) is 17.6 Å². The van der Waals surface area contributed by atoms with E-state index in [1.165, 1.54) is 0 Å². The van der Waals surface area contributed by atoms with Crippen LogP contribution in [0.25, 0.3) is 0 Å². The largest absolute Gasteiger partial charge is 0.480 e. The Bertz CT molecular complexity index is 621. The van der Waals surface area contributed by atoms with Crippen LogP contribution >= 0.6 is 0 Å². The van der Waals surface area contributed by atoms with Gasteiger partial charge in [-0.05, 0) is 49.7 Å². The minimum absolute atomic E-state index is 0.0675. The molecule has 1 aliphatic carbocycles. The van der Waals surface area contributed by atoms with Crippen LogP contribution in [0.5, 0.6) is 0 Å². The maximum Gasteiger partial charge on any atom is 0.326 e. The third-order valence-electron chi connectivity index (χ3n) is 4.61. The average Bonchev–Trinajstić information content (AvgIpc) is 2.92. The van der Waals surface area contributed by atoms with Gasteiger partial charge in [-0.25, -0.2) is 9.78 Å². The van der Waals surface area contributed by atoms with Gasteiger partial charge in [0, 0.05) is 12.2 Å². The summed E-state index contributed by atoms with van der Waals surface area (Å²) in [6, 6.07) is 3.52. The van der Waals surface area contributed by atoms with Crippen LogP contribution in [0.2, 0.25) is 0 Å². The van der Waals surface area contributed by atoms with E-state index in [0.29, 0.717) is 17.9 Å². The van der Waals surface area contributed by atoms with Crippen molar-refractivity contribution >= 4 is 11.8 Å². The molecule has 21 heavy (non-hydrogen) atoms. The Kier molecular flexibility index (Phi) is 3.54. The van der Waals surface area contributed by atoms with Gasteiger partial charge in [0.15, 0.2) is 0 Å². The molecule has 3 rings (SSSR count). The molecule has 0 saturated carbocycles. The van der Waals surface area contributed by atoms with Crippen LogP contribution < -0.4 is 4.90 Å². The molecule has 1 N–H and O–H groups in total. The summed E-state index contributed by atoms with van der Waals surface area (Å²) in [4.78, 5) is 18.1. The zero-order valence-corrected chi connectivity index (χ0v) is 12.2. The monoisotopic (exact) mass is 285 g/mol. The lowest BCUT2D eigenvalue weighted by molar-refractivity contribution is -0.140. The molecule has 0 spiro atoms. The maximum atomic E-state index is 11.6. The lowest BCUT2D eigenvalue weighted by Crippen LogP contribution is -2.50. The van der Waals surface area contributed by atoms with Crippen molar-refractivity contribution < 1.29 is 9.90 Å². The lowest BCUT2D eigenvalue weighted by atomic mass is 9.90. The number of rotatable bonds is 2. The summed E-state index contributed by atoms with van der Waals surface area (Å²) in [7, 11) is 0. The number of aryl methyl sites for hydroxylation is 2. The molecule has 2 heterocycles. The number of hydrogen-bond acceptors (Lipinski definition) is 4. The number of hydrogen-bond donors (Lipinski definition) is 1. The number of carbonyl (C=O) groups is 1. The first-order valence-corrected chi connectivity index (χ1v) is 7.54. The van der Waals surface area contributed by atoms with Crippen molar-refractivity contribution in [1.29, 1.82) is 5.26 Å². The molecule has 0 radical (unpaired) electrons. The highest BCUT2D eigenvalue weighted by molar-refractivity contribution is 5.79. The van der Waals surface area contributed by atoms with E-state index in [0.717, 1.165) is 43.4 Å². The Balaban J connectivity index is 2.06. The molecule has 0 amide bonds. The van der Waals surface area contributed by atoms with Crippen LogP contribution in [0.1, 0.15) is 43.0 Å². The molecular weight excluding hydrogens is 266 g/mol. The standard InChI is InChI=1S/C16H19N3O2/c1-10-4-3-7-19(14(10)16(20)21)15-12(9-17)8-11-5-2-6-13(11)18-15/h8,10,14H,2-7H2,1H3,(H,20,21). The minimum Gasteiger partial charge on any atom is -0.480 e. The topological polar surface area (TPSA) is 77.2 Å². The molecule has 1 aromatic rings. The van der Waals surface area contributed by atoms with E-state index in [1.807, 2.05) is 17.9 Å². The van der Waals surface area contributed by atoms with Crippen LogP contribution in [-0.4, -0.2) is 28.6 Å². The number of carboxylic acid groups (broad SMARTS) is 1. The Hall–Kier alpha value is -2.09. The van der Waals surface area contributed by atoms with Gasteiger partial charge >= 0.3 is 5.97 Å². The van der Waals surface area contributed by atoms with Gasteiger partial charge in [0.05, 0.1) is 5.56 Å². The highest BCUT2D eigenvalue weighted by atomic mass is 16.4. The predicted molar refractivity (Wildman–Crippen MR) is 78.1 cm³/mol. The van der Waals surface area contributed by atoms with Crippen molar-refractivity contribution in [3.8, 4) is 6.07 Å². The highest BCUT2D eigenvalue weighted by Crippen LogP contribution is 2.32. The van der Waals surface area contributed by atoms with Gasteiger partial charge in [-0.1, -0.05) is 6.92 Å². The van der Waals surface area contributed by atoms with Crippen molar-refractivity contribution in [1.82, 2.24) is 4.98 Å². The lowest BCUT2D eigenvalue weighted by Gasteiger charge is -2.38. The first-order valence-electron chi connectivity index (χ1n) is 7.54. The fraction of sp³-hybridized carbons (Fsp3) is 0.562. The van der Waals surface area contributed by atoms with E-state index in [9.17, 15) is 15.2 Å². The summed E-state index contributed by atoms with van der Waals surface area (Å²) < 4.78 is 0. The average molecular weight is 285 g/mol.